The monoisotopic (exact) mass is 410 g/mol. The van der Waals surface area contributed by atoms with Crippen LogP contribution in [0.3, 0.4) is 0 Å². The summed E-state index contributed by atoms with van der Waals surface area (Å²) >= 11 is 0. The van der Waals surface area contributed by atoms with Gasteiger partial charge >= 0.3 is 6.18 Å². The Morgan fingerprint density at radius 1 is 1.03 bits per heavy atom. The highest BCUT2D eigenvalue weighted by Gasteiger charge is 2.30. The van der Waals surface area contributed by atoms with E-state index in [-0.39, 0.29) is 24.2 Å². The molecule has 1 heterocycles. The molecule has 0 aliphatic carbocycles. The number of benzene rings is 2. The third-order valence-corrected chi connectivity index (χ3v) is 4.88. The van der Waals surface area contributed by atoms with E-state index in [0.717, 1.165) is 17.7 Å². The maximum absolute atomic E-state index is 13.3. The van der Waals surface area contributed by atoms with Crippen LogP contribution in [0.4, 0.5) is 17.6 Å². The van der Waals surface area contributed by atoms with Gasteiger partial charge in [0.2, 0.25) is 5.91 Å². The molecular weight excluding hydrogens is 388 g/mol. The molecule has 156 valence electrons. The highest BCUT2D eigenvalue weighted by molar-refractivity contribution is 5.78. The highest BCUT2D eigenvalue weighted by atomic mass is 19.4. The van der Waals surface area contributed by atoms with E-state index in [9.17, 15) is 22.4 Å². The Morgan fingerprint density at radius 3 is 2.24 bits per heavy atom. The number of morpholine rings is 1. The molecular formula is C21H22F4N2O2. The Kier molecular flexibility index (Phi) is 6.87. The summed E-state index contributed by atoms with van der Waals surface area (Å²) < 4.78 is 56.6. The fraction of sp³-hybridized carbons (Fsp3) is 0.381. The fourth-order valence-corrected chi connectivity index (χ4v) is 3.30. The number of carbonyl (C=O) groups excluding carboxylic acids is 1. The van der Waals surface area contributed by atoms with Gasteiger partial charge in [-0.15, -0.1) is 0 Å². The van der Waals surface area contributed by atoms with Gasteiger partial charge in [-0.2, -0.15) is 13.2 Å². The molecule has 0 aromatic heterocycles. The number of rotatable bonds is 6. The van der Waals surface area contributed by atoms with E-state index in [1.165, 1.54) is 24.3 Å². The molecule has 1 atom stereocenters. The zero-order valence-electron chi connectivity index (χ0n) is 15.7. The van der Waals surface area contributed by atoms with E-state index >= 15 is 0 Å². The lowest BCUT2D eigenvalue weighted by atomic mass is 10.0. The minimum absolute atomic E-state index is 0.0165. The number of hydrogen-bond donors (Lipinski definition) is 1. The third-order valence-electron chi connectivity index (χ3n) is 4.88. The molecule has 4 nitrogen and oxygen atoms in total. The molecule has 1 aliphatic heterocycles. The number of amides is 1. The standard InChI is InChI=1S/C21H22F4N2O2/c22-18-7-3-16(4-8-18)19(27-9-11-29-12-10-27)14-26-20(28)13-15-1-5-17(6-2-15)21(23,24)25/h1-8,19H,9-14H2,(H,26,28). The Balaban J connectivity index is 1.62. The summed E-state index contributed by atoms with van der Waals surface area (Å²) in [5.41, 5.74) is 0.633. The van der Waals surface area contributed by atoms with Crippen LogP contribution in [-0.4, -0.2) is 43.7 Å². The summed E-state index contributed by atoms with van der Waals surface area (Å²) in [4.78, 5) is 14.5. The van der Waals surface area contributed by atoms with Gasteiger partial charge in [0.05, 0.1) is 31.2 Å². The quantitative estimate of drug-likeness (QED) is 0.741. The zero-order valence-corrected chi connectivity index (χ0v) is 15.7. The summed E-state index contributed by atoms with van der Waals surface area (Å²) in [6.45, 7) is 2.85. The Labute approximate surface area is 166 Å². The van der Waals surface area contributed by atoms with Gasteiger partial charge in [-0.3, -0.25) is 9.69 Å². The van der Waals surface area contributed by atoms with Gasteiger partial charge in [0.25, 0.3) is 0 Å². The molecule has 1 unspecified atom stereocenters. The van der Waals surface area contributed by atoms with Crippen molar-refractivity contribution in [3.8, 4) is 0 Å². The van der Waals surface area contributed by atoms with Crippen LogP contribution in [0, 0.1) is 5.82 Å². The summed E-state index contributed by atoms with van der Waals surface area (Å²) in [6, 6.07) is 10.6. The molecule has 0 bridgehead atoms. The molecule has 1 saturated heterocycles. The van der Waals surface area contributed by atoms with Crippen molar-refractivity contribution in [2.24, 2.45) is 0 Å². The largest absolute Gasteiger partial charge is 0.416 e. The lowest BCUT2D eigenvalue weighted by molar-refractivity contribution is -0.137. The number of carbonyl (C=O) groups is 1. The number of halogens is 4. The number of nitrogens with one attached hydrogen (secondary N) is 1. The maximum atomic E-state index is 13.3. The fourth-order valence-electron chi connectivity index (χ4n) is 3.30. The van der Waals surface area contributed by atoms with Gasteiger partial charge in [-0.25, -0.2) is 4.39 Å². The van der Waals surface area contributed by atoms with Crippen molar-refractivity contribution in [3.05, 3.63) is 71.0 Å². The van der Waals surface area contributed by atoms with E-state index in [1.807, 2.05) is 0 Å². The molecule has 0 spiro atoms. The van der Waals surface area contributed by atoms with E-state index in [4.69, 9.17) is 4.74 Å². The predicted octanol–water partition coefficient (Wildman–Crippen LogP) is 3.58. The van der Waals surface area contributed by atoms with E-state index in [1.54, 1.807) is 12.1 Å². The molecule has 3 rings (SSSR count). The normalized spacial score (nSPS) is 16.4. The van der Waals surface area contributed by atoms with Crippen LogP contribution in [0.5, 0.6) is 0 Å². The second-order valence-electron chi connectivity index (χ2n) is 6.89. The Hall–Kier alpha value is -2.45. The summed E-state index contributed by atoms with van der Waals surface area (Å²) in [7, 11) is 0. The van der Waals surface area contributed by atoms with Crippen molar-refractivity contribution < 1.29 is 27.1 Å². The SMILES string of the molecule is O=C(Cc1ccc(C(F)(F)F)cc1)NCC(c1ccc(F)cc1)N1CCOCC1. The number of ether oxygens (including phenoxy) is 1. The van der Waals surface area contributed by atoms with Gasteiger partial charge in [0.1, 0.15) is 5.82 Å². The second kappa shape index (κ2) is 9.37. The first-order valence-corrected chi connectivity index (χ1v) is 9.33. The van der Waals surface area contributed by atoms with Crippen molar-refractivity contribution in [3.63, 3.8) is 0 Å². The van der Waals surface area contributed by atoms with E-state index < -0.39 is 11.7 Å². The molecule has 1 amide bonds. The van der Waals surface area contributed by atoms with Crippen LogP contribution in [0.2, 0.25) is 0 Å². The lowest BCUT2D eigenvalue weighted by Gasteiger charge is -2.35. The smallest absolute Gasteiger partial charge is 0.379 e. The maximum Gasteiger partial charge on any atom is 0.416 e. The molecule has 1 fully saturated rings. The summed E-state index contributed by atoms with van der Waals surface area (Å²) in [6.07, 6.45) is -4.42. The highest BCUT2D eigenvalue weighted by Crippen LogP contribution is 2.29. The van der Waals surface area contributed by atoms with Crippen LogP contribution in [0.25, 0.3) is 0 Å². The number of alkyl halides is 3. The first-order chi connectivity index (χ1) is 13.8. The van der Waals surface area contributed by atoms with Gasteiger partial charge in [0.15, 0.2) is 0 Å². The second-order valence-corrected chi connectivity index (χ2v) is 6.89. The first kappa shape index (κ1) is 21.3. The minimum atomic E-state index is -4.40. The number of nitrogens with zero attached hydrogens (tertiary/aromatic N) is 1. The molecule has 1 N–H and O–H groups in total. The topological polar surface area (TPSA) is 41.6 Å². The van der Waals surface area contributed by atoms with Crippen LogP contribution < -0.4 is 5.32 Å². The third kappa shape index (κ3) is 6.01. The number of hydrogen-bond acceptors (Lipinski definition) is 3. The average Bonchev–Trinajstić information content (AvgIpc) is 2.70. The Morgan fingerprint density at radius 2 is 1.66 bits per heavy atom. The molecule has 0 radical (unpaired) electrons. The van der Waals surface area contributed by atoms with Crippen molar-refractivity contribution in [2.75, 3.05) is 32.8 Å². The minimum Gasteiger partial charge on any atom is -0.379 e. The van der Waals surface area contributed by atoms with Gasteiger partial charge in [-0.05, 0) is 35.4 Å². The summed E-state index contributed by atoms with van der Waals surface area (Å²) in [5, 5.41) is 2.85. The van der Waals surface area contributed by atoms with Crippen molar-refractivity contribution >= 4 is 5.91 Å². The lowest BCUT2D eigenvalue weighted by Crippen LogP contribution is -2.44. The van der Waals surface area contributed by atoms with Crippen molar-refractivity contribution in [1.82, 2.24) is 10.2 Å². The van der Waals surface area contributed by atoms with Crippen LogP contribution in [0.1, 0.15) is 22.7 Å². The molecule has 2 aromatic carbocycles. The molecule has 29 heavy (non-hydrogen) atoms. The van der Waals surface area contributed by atoms with Gasteiger partial charge in [0, 0.05) is 19.6 Å². The van der Waals surface area contributed by atoms with Crippen LogP contribution >= 0.6 is 0 Å². The van der Waals surface area contributed by atoms with E-state index in [0.29, 0.717) is 38.4 Å². The van der Waals surface area contributed by atoms with Gasteiger partial charge < -0.3 is 10.1 Å². The van der Waals surface area contributed by atoms with Crippen LogP contribution in [-0.2, 0) is 22.1 Å². The van der Waals surface area contributed by atoms with Gasteiger partial charge in [-0.1, -0.05) is 24.3 Å². The van der Waals surface area contributed by atoms with Crippen LogP contribution in [0.15, 0.2) is 48.5 Å². The molecule has 8 heteroatoms. The first-order valence-electron chi connectivity index (χ1n) is 9.33. The average molecular weight is 410 g/mol. The van der Waals surface area contributed by atoms with Crippen molar-refractivity contribution in [1.29, 1.82) is 0 Å². The Bertz CT molecular complexity index is 801. The molecule has 2 aromatic rings. The molecule has 1 aliphatic rings. The van der Waals surface area contributed by atoms with Crippen molar-refractivity contribution in [2.45, 2.75) is 18.6 Å². The molecule has 0 saturated carbocycles. The van der Waals surface area contributed by atoms with E-state index in [2.05, 4.69) is 10.2 Å². The zero-order chi connectivity index (χ0) is 20.9. The summed E-state index contributed by atoms with van der Waals surface area (Å²) in [5.74, 6) is -0.619. The predicted molar refractivity (Wildman–Crippen MR) is 99.7 cm³/mol.